The van der Waals surface area contributed by atoms with Gasteiger partial charge in [-0.3, -0.25) is 4.79 Å². The third kappa shape index (κ3) is 3.47. The molecule has 1 aliphatic heterocycles. The van der Waals surface area contributed by atoms with E-state index in [2.05, 4.69) is 12.1 Å². The van der Waals surface area contributed by atoms with Gasteiger partial charge in [-0.1, -0.05) is 24.3 Å². The Morgan fingerprint density at radius 3 is 2.52 bits per heavy atom. The Hall–Kier alpha value is -2.49. The fourth-order valence-corrected chi connectivity index (χ4v) is 3.15. The van der Waals surface area contributed by atoms with Gasteiger partial charge in [0.05, 0.1) is 19.6 Å². The third-order valence-electron chi connectivity index (χ3n) is 4.41. The Balaban J connectivity index is 1.72. The zero-order chi connectivity index (χ0) is 16.2. The van der Waals surface area contributed by atoms with Crippen LogP contribution >= 0.6 is 0 Å². The van der Waals surface area contributed by atoms with Crippen molar-refractivity contribution in [1.82, 2.24) is 4.90 Å². The molecule has 1 atom stereocenters. The van der Waals surface area contributed by atoms with E-state index in [1.165, 1.54) is 5.56 Å². The van der Waals surface area contributed by atoms with Crippen molar-refractivity contribution in [1.29, 1.82) is 0 Å². The van der Waals surface area contributed by atoms with Crippen LogP contribution < -0.4 is 10.5 Å². The van der Waals surface area contributed by atoms with Gasteiger partial charge in [0.15, 0.2) is 0 Å². The maximum Gasteiger partial charge on any atom is 0.227 e. The van der Waals surface area contributed by atoms with Crippen molar-refractivity contribution < 1.29 is 9.53 Å². The molecule has 3 rings (SSSR count). The predicted molar refractivity (Wildman–Crippen MR) is 91.2 cm³/mol. The summed E-state index contributed by atoms with van der Waals surface area (Å²) in [7, 11) is 1.66. The molecule has 0 aromatic heterocycles. The van der Waals surface area contributed by atoms with Crippen LogP contribution in [0.4, 0.5) is 5.69 Å². The smallest absolute Gasteiger partial charge is 0.227 e. The van der Waals surface area contributed by atoms with Crippen molar-refractivity contribution in [3.8, 4) is 5.75 Å². The second-order valence-electron chi connectivity index (χ2n) is 5.94. The Morgan fingerprint density at radius 2 is 1.87 bits per heavy atom. The lowest BCUT2D eigenvalue weighted by atomic mass is 10.0. The number of ether oxygens (including phenoxy) is 1. The quantitative estimate of drug-likeness (QED) is 0.882. The standard InChI is InChI=1S/C19H22N2O2/c1-23-17-10-6-15(7-11-17)18-3-2-12-21(18)19(22)13-14-4-8-16(20)9-5-14/h4-11,18H,2-3,12-13,20H2,1H3. The van der Waals surface area contributed by atoms with E-state index in [0.29, 0.717) is 6.42 Å². The Morgan fingerprint density at radius 1 is 1.17 bits per heavy atom. The van der Waals surface area contributed by atoms with E-state index in [1.807, 2.05) is 41.3 Å². The van der Waals surface area contributed by atoms with Crippen LogP contribution in [0.25, 0.3) is 0 Å². The molecule has 1 unspecified atom stereocenters. The molecule has 4 nitrogen and oxygen atoms in total. The molecule has 4 heteroatoms. The van der Waals surface area contributed by atoms with E-state index in [1.54, 1.807) is 7.11 Å². The van der Waals surface area contributed by atoms with E-state index in [-0.39, 0.29) is 11.9 Å². The lowest BCUT2D eigenvalue weighted by molar-refractivity contribution is -0.131. The first-order chi connectivity index (χ1) is 11.2. The van der Waals surface area contributed by atoms with Gasteiger partial charge in [-0.25, -0.2) is 0 Å². The number of likely N-dealkylation sites (tertiary alicyclic amines) is 1. The summed E-state index contributed by atoms with van der Waals surface area (Å²) >= 11 is 0. The van der Waals surface area contributed by atoms with Crippen molar-refractivity contribution in [2.45, 2.75) is 25.3 Å². The first kappa shape index (κ1) is 15.4. The number of nitrogen functional groups attached to an aromatic ring is 1. The van der Waals surface area contributed by atoms with Crippen LogP contribution in [-0.2, 0) is 11.2 Å². The second-order valence-corrected chi connectivity index (χ2v) is 5.94. The summed E-state index contributed by atoms with van der Waals surface area (Å²) in [4.78, 5) is 14.7. The normalized spacial score (nSPS) is 17.3. The van der Waals surface area contributed by atoms with Crippen LogP contribution in [0.15, 0.2) is 48.5 Å². The number of carbonyl (C=O) groups excluding carboxylic acids is 1. The average molecular weight is 310 g/mol. The van der Waals surface area contributed by atoms with E-state index in [9.17, 15) is 4.79 Å². The van der Waals surface area contributed by atoms with Gasteiger partial charge in [0, 0.05) is 12.2 Å². The largest absolute Gasteiger partial charge is 0.497 e. The van der Waals surface area contributed by atoms with Crippen LogP contribution in [0.3, 0.4) is 0 Å². The zero-order valence-electron chi connectivity index (χ0n) is 13.4. The molecule has 0 radical (unpaired) electrons. The summed E-state index contributed by atoms with van der Waals surface area (Å²) in [6.45, 7) is 0.824. The molecule has 0 saturated carbocycles. The van der Waals surface area contributed by atoms with Gasteiger partial charge < -0.3 is 15.4 Å². The highest BCUT2D eigenvalue weighted by Gasteiger charge is 2.29. The van der Waals surface area contributed by atoms with Crippen LogP contribution in [0, 0.1) is 0 Å². The van der Waals surface area contributed by atoms with Gasteiger partial charge in [-0.05, 0) is 48.2 Å². The molecule has 120 valence electrons. The van der Waals surface area contributed by atoms with Crippen molar-refractivity contribution in [3.63, 3.8) is 0 Å². The lowest BCUT2D eigenvalue weighted by Crippen LogP contribution is -2.31. The van der Waals surface area contributed by atoms with Crippen LogP contribution in [0.5, 0.6) is 5.75 Å². The SMILES string of the molecule is COc1ccc(C2CCCN2C(=O)Cc2ccc(N)cc2)cc1. The molecular weight excluding hydrogens is 288 g/mol. The summed E-state index contributed by atoms with van der Waals surface area (Å²) in [5.74, 6) is 1.01. The number of rotatable bonds is 4. The number of benzene rings is 2. The maximum atomic E-state index is 12.7. The lowest BCUT2D eigenvalue weighted by Gasteiger charge is -2.25. The number of anilines is 1. The molecule has 0 aliphatic carbocycles. The van der Waals surface area contributed by atoms with Crippen LogP contribution in [0.2, 0.25) is 0 Å². The highest BCUT2D eigenvalue weighted by Crippen LogP contribution is 2.33. The Kier molecular flexibility index (Phi) is 4.51. The van der Waals surface area contributed by atoms with Gasteiger partial charge in [-0.15, -0.1) is 0 Å². The third-order valence-corrected chi connectivity index (χ3v) is 4.41. The molecule has 0 bridgehead atoms. The monoisotopic (exact) mass is 310 g/mol. The van der Waals surface area contributed by atoms with Gasteiger partial charge in [0.2, 0.25) is 5.91 Å². The minimum absolute atomic E-state index is 0.169. The van der Waals surface area contributed by atoms with Gasteiger partial charge in [-0.2, -0.15) is 0 Å². The zero-order valence-corrected chi connectivity index (χ0v) is 13.4. The van der Waals surface area contributed by atoms with Crippen molar-refractivity contribution in [2.24, 2.45) is 0 Å². The Bertz CT molecular complexity index is 665. The fourth-order valence-electron chi connectivity index (χ4n) is 3.15. The molecule has 1 aliphatic rings. The first-order valence-electron chi connectivity index (χ1n) is 7.95. The van der Waals surface area contributed by atoms with E-state index >= 15 is 0 Å². The molecular formula is C19H22N2O2. The highest BCUT2D eigenvalue weighted by molar-refractivity contribution is 5.79. The van der Waals surface area contributed by atoms with Crippen molar-refractivity contribution >= 4 is 11.6 Å². The number of carbonyl (C=O) groups is 1. The first-order valence-corrected chi connectivity index (χ1v) is 7.95. The van der Waals surface area contributed by atoms with E-state index in [4.69, 9.17) is 10.5 Å². The molecule has 23 heavy (non-hydrogen) atoms. The fraction of sp³-hybridized carbons (Fsp3) is 0.316. The number of nitrogens with two attached hydrogens (primary N) is 1. The second kappa shape index (κ2) is 6.73. The number of amides is 1. The summed E-state index contributed by atoms with van der Waals surface area (Å²) in [5.41, 5.74) is 8.60. The van der Waals surface area contributed by atoms with E-state index in [0.717, 1.165) is 36.4 Å². The molecule has 1 heterocycles. The molecule has 2 aromatic carbocycles. The van der Waals surface area contributed by atoms with Gasteiger partial charge >= 0.3 is 0 Å². The molecule has 1 fully saturated rings. The summed E-state index contributed by atoms with van der Waals surface area (Å²) in [6.07, 6.45) is 2.48. The number of nitrogens with zero attached hydrogens (tertiary/aromatic N) is 1. The minimum atomic E-state index is 0.169. The van der Waals surface area contributed by atoms with Gasteiger partial charge in [0.1, 0.15) is 5.75 Å². The Labute approximate surface area is 136 Å². The number of hydrogen-bond donors (Lipinski definition) is 1. The average Bonchev–Trinajstić information content (AvgIpc) is 3.07. The summed E-state index contributed by atoms with van der Waals surface area (Å²) in [6, 6.07) is 15.7. The number of methoxy groups -OCH3 is 1. The summed E-state index contributed by atoms with van der Waals surface area (Å²) < 4.78 is 5.20. The van der Waals surface area contributed by atoms with Crippen LogP contribution in [0.1, 0.15) is 30.0 Å². The number of hydrogen-bond acceptors (Lipinski definition) is 3. The summed E-state index contributed by atoms with van der Waals surface area (Å²) in [5, 5.41) is 0. The van der Waals surface area contributed by atoms with Gasteiger partial charge in [0.25, 0.3) is 0 Å². The molecule has 2 aromatic rings. The highest BCUT2D eigenvalue weighted by atomic mass is 16.5. The predicted octanol–water partition coefficient (Wildman–Crippen LogP) is 3.18. The maximum absolute atomic E-state index is 12.7. The van der Waals surface area contributed by atoms with Crippen molar-refractivity contribution in [2.75, 3.05) is 19.4 Å². The van der Waals surface area contributed by atoms with Crippen LogP contribution in [-0.4, -0.2) is 24.5 Å². The molecule has 1 saturated heterocycles. The molecule has 2 N–H and O–H groups in total. The minimum Gasteiger partial charge on any atom is -0.497 e. The molecule has 0 spiro atoms. The van der Waals surface area contributed by atoms with E-state index < -0.39 is 0 Å². The topological polar surface area (TPSA) is 55.6 Å². The van der Waals surface area contributed by atoms with Crippen molar-refractivity contribution in [3.05, 3.63) is 59.7 Å². The molecule has 1 amide bonds.